The minimum absolute atomic E-state index is 0.340. The Hall–Kier alpha value is -4.92. The number of benzene rings is 6. The number of fused-ring (bicyclic) bond motifs is 12. The van der Waals surface area contributed by atoms with E-state index in [1.54, 1.807) is 0 Å². The summed E-state index contributed by atoms with van der Waals surface area (Å²) in [6.07, 6.45) is 0. The third kappa shape index (κ3) is 3.99. The summed E-state index contributed by atoms with van der Waals surface area (Å²) in [6.45, 7) is 6.99. The van der Waals surface area contributed by atoms with E-state index in [-0.39, 0.29) is 5.41 Å². The molecule has 218 valence electrons. The molecule has 1 atom stereocenters. The van der Waals surface area contributed by atoms with Gasteiger partial charge in [0.1, 0.15) is 0 Å². The molecule has 0 amide bonds. The van der Waals surface area contributed by atoms with Crippen molar-refractivity contribution in [2.45, 2.75) is 32.7 Å². The molecule has 9 rings (SSSR count). The predicted molar refractivity (Wildman–Crippen MR) is 193 cm³/mol. The van der Waals surface area contributed by atoms with E-state index in [0.717, 1.165) is 6.54 Å². The lowest BCUT2D eigenvalue weighted by Crippen LogP contribution is -2.26. The van der Waals surface area contributed by atoms with Gasteiger partial charge in [-0.15, -0.1) is 11.3 Å². The molecule has 1 spiro atoms. The summed E-state index contributed by atoms with van der Waals surface area (Å²) >= 11 is 1.94. The van der Waals surface area contributed by atoms with E-state index in [0.29, 0.717) is 0 Å². The van der Waals surface area contributed by atoms with Gasteiger partial charge in [-0.2, -0.15) is 0 Å². The Kier molecular flexibility index (Phi) is 6.69. The predicted octanol–water partition coefficient (Wildman–Crippen LogP) is 11.9. The third-order valence-electron chi connectivity index (χ3n) is 9.47. The van der Waals surface area contributed by atoms with E-state index < -0.39 is 0 Å². The van der Waals surface area contributed by atoms with Crippen molar-refractivity contribution in [1.82, 2.24) is 0 Å². The van der Waals surface area contributed by atoms with Crippen LogP contribution in [0.2, 0.25) is 0 Å². The van der Waals surface area contributed by atoms with Gasteiger partial charge in [-0.05, 0) is 86.6 Å². The summed E-state index contributed by atoms with van der Waals surface area (Å²) in [6, 6.07) is 54.0. The van der Waals surface area contributed by atoms with Crippen LogP contribution < -0.4 is 4.90 Å². The largest absolute Gasteiger partial charge is 0.337 e. The van der Waals surface area contributed by atoms with Crippen LogP contribution in [0.25, 0.3) is 31.7 Å². The Labute approximate surface area is 270 Å². The fraction of sp³-hybridized carbons (Fsp3) is 0.116. The zero-order valence-electron chi connectivity index (χ0n) is 25.9. The van der Waals surface area contributed by atoms with Crippen LogP contribution in [0.4, 0.5) is 11.4 Å². The monoisotopic (exact) mass is 597 g/mol. The van der Waals surface area contributed by atoms with Gasteiger partial charge in [0, 0.05) is 27.5 Å². The van der Waals surface area contributed by atoms with E-state index in [2.05, 4.69) is 157 Å². The van der Waals surface area contributed by atoms with Crippen LogP contribution in [0, 0.1) is 6.92 Å². The van der Waals surface area contributed by atoms with Crippen molar-refractivity contribution in [1.29, 1.82) is 0 Å². The Morgan fingerprint density at radius 2 is 1.20 bits per heavy atom. The maximum Gasteiger partial charge on any atom is 0.0740 e. The van der Waals surface area contributed by atoms with Crippen LogP contribution in [0.1, 0.15) is 47.2 Å². The molecule has 1 heterocycles. The third-order valence-corrected chi connectivity index (χ3v) is 10.7. The lowest BCUT2D eigenvalue weighted by molar-refractivity contribution is 0.799. The second kappa shape index (κ2) is 10.9. The summed E-state index contributed by atoms with van der Waals surface area (Å²) in [7, 11) is 0. The average Bonchev–Trinajstić information content (AvgIpc) is 3.72. The minimum Gasteiger partial charge on any atom is -0.337 e. The molecule has 2 heteroatoms. The second-order valence-electron chi connectivity index (χ2n) is 11.7. The first-order chi connectivity index (χ1) is 22.2. The van der Waals surface area contributed by atoms with Gasteiger partial charge >= 0.3 is 0 Å². The fourth-order valence-electron chi connectivity index (χ4n) is 7.71. The molecule has 7 aromatic rings. The quantitative estimate of drug-likeness (QED) is 0.195. The van der Waals surface area contributed by atoms with Crippen LogP contribution in [0.15, 0.2) is 146 Å². The lowest BCUT2D eigenvalue weighted by Gasteiger charge is -2.31. The molecular formula is C43H35NS. The molecular weight excluding hydrogens is 563 g/mol. The lowest BCUT2D eigenvalue weighted by atomic mass is 9.70. The standard InChI is InChI=1S/C41H29NS.C2H6/c1-27-13-5-11-21-37(27)42(29-14-3-2-4-15-29)26-28-23-24-31-30-16-6-9-19-34(30)41(36(31)25-28)35-20-10-7-17-32(35)40-39(41)33-18-8-12-22-38(33)43-40;1-2/h2-25H,26H2,1H3;1-2H3. The second-order valence-corrected chi connectivity index (χ2v) is 12.8. The summed E-state index contributed by atoms with van der Waals surface area (Å²) in [5.41, 5.74) is 14.4. The first kappa shape index (κ1) is 27.6. The summed E-state index contributed by atoms with van der Waals surface area (Å²) in [5.74, 6) is 0. The van der Waals surface area contributed by atoms with Crippen LogP contribution in [0.5, 0.6) is 0 Å². The number of nitrogens with zero attached hydrogens (tertiary/aromatic N) is 1. The number of aryl methyl sites for hydroxylation is 1. The highest BCUT2D eigenvalue weighted by Gasteiger charge is 2.53. The normalized spacial score (nSPS) is 15.2. The van der Waals surface area contributed by atoms with Gasteiger partial charge in [0.25, 0.3) is 0 Å². The first-order valence-electron chi connectivity index (χ1n) is 16.0. The summed E-state index contributed by atoms with van der Waals surface area (Å²) < 4.78 is 1.36. The molecule has 2 aliphatic rings. The Morgan fingerprint density at radius 1 is 0.578 bits per heavy atom. The van der Waals surface area contributed by atoms with Crippen molar-refractivity contribution in [2.75, 3.05) is 4.90 Å². The molecule has 1 nitrogen and oxygen atoms in total. The van der Waals surface area contributed by atoms with E-state index >= 15 is 0 Å². The molecule has 0 N–H and O–H groups in total. The highest BCUT2D eigenvalue weighted by Crippen LogP contribution is 2.65. The number of hydrogen-bond donors (Lipinski definition) is 0. The summed E-state index contributed by atoms with van der Waals surface area (Å²) in [4.78, 5) is 3.87. The maximum absolute atomic E-state index is 2.52. The van der Waals surface area contributed by atoms with E-state index in [1.807, 2.05) is 25.2 Å². The topological polar surface area (TPSA) is 3.24 Å². The van der Waals surface area contributed by atoms with Crippen molar-refractivity contribution >= 4 is 32.8 Å². The van der Waals surface area contributed by atoms with Gasteiger partial charge in [0.15, 0.2) is 0 Å². The number of para-hydroxylation sites is 2. The minimum atomic E-state index is -0.340. The molecule has 0 radical (unpaired) electrons. The zero-order chi connectivity index (χ0) is 30.5. The van der Waals surface area contributed by atoms with Gasteiger partial charge in [0.05, 0.1) is 5.41 Å². The van der Waals surface area contributed by atoms with Crippen molar-refractivity contribution < 1.29 is 0 Å². The molecule has 0 saturated heterocycles. The zero-order valence-corrected chi connectivity index (χ0v) is 26.7. The van der Waals surface area contributed by atoms with Gasteiger partial charge < -0.3 is 4.90 Å². The maximum atomic E-state index is 2.52. The van der Waals surface area contributed by atoms with E-state index in [1.165, 1.54) is 76.4 Å². The van der Waals surface area contributed by atoms with E-state index in [9.17, 15) is 0 Å². The molecule has 6 aromatic carbocycles. The molecule has 1 unspecified atom stereocenters. The molecule has 0 saturated carbocycles. The first-order valence-corrected chi connectivity index (χ1v) is 16.8. The molecule has 2 aliphatic carbocycles. The van der Waals surface area contributed by atoms with Crippen LogP contribution >= 0.6 is 11.3 Å². The Balaban J connectivity index is 0.00000147. The smallest absolute Gasteiger partial charge is 0.0740 e. The van der Waals surface area contributed by atoms with Gasteiger partial charge in [0.2, 0.25) is 0 Å². The SMILES string of the molecule is CC.Cc1ccccc1N(Cc1ccc2c(c1)C1(c3ccccc3-2)c2ccccc2-c2sc3ccccc3c21)c1ccccc1. The summed E-state index contributed by atoms with van der Waals surface area (Å²) in [5, 5.41) is 1.37. The van der Waals surface area contributed by atoms with Crippen molar-refractivity contribution in [2.24, 2.45) is 0 Å². The van der Waals surface area contributed by atoms with Gasteiger partial charge in [-0.3, -0.25) is 0 Å². The molecule has 0 bridgehead atoms. The van der Waals surface area contributed by atoms with Gasteiger partial charge in [-0.25, -0.2) is 0 Å². The molecule has 0 aliphatic heterocycles. The number of thiophene rings is 1. The Bertz CT molecular complexity index is 2190. The Morgan fingerprint density at radius 3 is 2.00 bits per heavy atom. The van der Waals surface area contributed by atoms with Crippen molar-refractivity contribution in [3.8, 4) is 21.6 Å². The molecule has 45 heavy (non-hydrogen) atoms. The van der Waals surface area contributed by atoms with Crippen LogP contribution in [-0.4, -0.2) is 0 Å². The highest BCUT2D eigenvalue weighted by atomic mass is 32.1. The highest BCUT2D eigenvalue weighted by molar-refractivity contribution is 7.22. The number of anilines is 2. The van der Waals surface area contributed by atoms with Gasteiger partial charge in [-0.1, -0.05) is 135 Å². The number of rotatable bonds is 4. The van der Waals surface area contributed by atoms with E-state index in [4.69, 9.17) is 0 Å². The van der Waals surface area contributed by atoms with Crippen LogP contribution in [0.3, 0.4) is 0 Å². The van der Waals surface area contributed by atoms with Crippen molar-refractivity contribution in [3.63, 3.8) is 0 Å². The average molecular weight is 598 g/mol. The van der Waals surface area contributed by atoms with Crippen molar-refractivity contribution in [3.05, 3.63) is 179 Å². The molecule has 0 fully saturated rings. The number of hydrogen-bond acceptors (Lipinski definition) is 2. The molecule has 1 aromatic heterocycles. The fourth-order valence-corrected chi connectivity index (χ4v) is 9.01. The van der Waals surface area contributed by atoms with Crippen LogP contribution in [-0.2, 0) is 12.0 Å².